The summed E-state index contributed by atoms with van der Waals surface area (Å²) in [4.78, 5) is 45.1. The van der Waals surface area contributed by atoms with Gasteiger partial charge in [-0.3, -0.25) is 9.59 Å². The number of carbonyl (C=O) groups is 2. The third-order valence-electron chi connectivity index (χ3n) is 9.92. The minimum absolute atomic E-state index is 0. The van der Waals surface area contributed by atoms with Gasteiger partial charge in [-0.2, -0.15) is 0 Å². The number of nitrogens with zero attached hydrogens (tertiary/aromatic N) is 4. The number of methoxy groups -OCH3 is 2. The Kier molecular flexibility index (Phi) is 10.1. The first-order valence-electron chi connectivity index (χ1n) is 16.5. The summed E-state index contributed by atoms with van der Waals surface area (Å²) in [6.07, 6.45) is 3.30. The van der Waals surface area contributed by atoms with Crippen molar-refractivity contribution in [3.63, 3.8) is 0 Å². The first kappa shape index (κ1) is 34.9. The molecule has 7 heterocycles. The predicted molar refractivity (Wildman–Crippen MR) is 183 cm³/mol. The molecule has 10 nitrogen and oxygen atoms in total. The zero-order chi connectivity index (χ0) is 33.7. The number of epoxide rings is 2. The third-order valence-corrected chi connectivity index (χ3v) is 9.92. The number of allylic oxidation sites excluding steroid dienone is 4. The van der Waals surface area contributed by atoms with Gasteiger partial charge in [0.25, 0.3) is 0 Å². The van der Waals surface area contributed by atoms with E-state index in [2.05, 4.69) is 26.0 Å². The van der Waals surface area contributed by atoms with Gasteiger partial charge < -0.3 is 28.9 Å². The quantitative estimate of drug-likeness (QED) is 0.144. The second-order valence-corrected chi connectivity index (χ2v) is 13.0. The predicted octanol–water partition coefficient (Wildman–Crippen LogP) is 5.84. The molecule has 3 aromatic heterocycles. The second kappa shape index (κ2) is 14.1. The van der Waals surface area contributed by atoms with Crippen LogP contribution in [0.2, 0.25) is 0 Å². The molecule has 11 heteroatoms. The van der Waals surface area contributed by atoms with Crippen LogP contribution in [0.3, 0.4) is 0 Å². The van der Waals surface area contributed by atoms with Crippen LogP contribution >= 0.6 is 0 Å². The Morgan fingerprint density at radius 2 is 1.08 bits per heavy atom. The van der Waals surface area contributed by atoms with E-state index in [-0.39, 0.29) is 56.5 Å². The number of fused-ring (bicyclic) bond motifs is 8. The van der Waals surface area contributed by atoms with E-state index in [1.165, 1.54) is 14.2 Å². The maximum absolute atomic E-state index is 12.3. The molecule has 4 aliphatic rings. The first-order valence-corrected chi connectivity index (χ1v) is 16.5. The molecule has 0 aliphatic carbocycles. The van der Waals surface area contributed by atoms with E-state index in [9.17, 15) is 9.59 Å². The van der Waals surface area contributed by atoms with Crippen LogP contribution in [0.1, 0.15) is 84.6 Å². The maximum Gasteiger partial charge on any atom is 2.00 e. The van der Waals surface area contributed by atoms with Crippen LogP contribution in [-0.4, -0.2) is 61.5 Å². The van der Waals surface area contributed by atoms with Gasteiger partial charge in [0.2, 0.25) is 0 Å². The van der Waals surface area contributed by atoms with Crippen LogP contribution in [0.5, 0.6) is 0 Å². The number of hydrogen-bond donors (Lipinski definition) is 0. The molecule has 8 bridgehead atoms. The molecule has 2 saturated heterocycles. The van der Waals surface area contributed by atoms with E-state index in [4.69, 9.17) is 38.9 Å². The number of carbonyl (C=O) groups excluding carboxylic acids is 2. The SMILES string of the molecule is COC(=O)CCC1=C(C)c2cc3[n-]c(cc4[n-]c(cc5nc(cc1n2)C(CCC(=O)OC)=C5C)c(CC1CO1)c4C)c(CC1CO1)c3C.[Zn+2]. The number of ether oxygens (including phenoxy) is 4. The topological polar surface area (TPSA) is 132 Å². The van der Waals surface area contributed by atoms with E-state index in [1.54, 1.807) is 0 Å². The minimum Gasteiger partial charge on any atom is -0.657 e. The summed E-state index contributed by atoms with van der Waals surface area (Å²) in [5, 5.41) is 0. The molecule has 0 spiro atoms. The number of esters is 2. The van der Waals surface area contributed by atoms with Gasteiger partial charge >= 0.3 is 31.4 Å². The summed E-state index contributed by atoms with van der Waals surface area (Å²) in [7, 11) is 2.80. The molecule has 250 valence electrons. The van der Waals surface area contributed by atoms with E-state index in [0.29, 0.717) is 12.8 Å². The molecule has 3 aromatic rings. The monoisotopic (exact) mass is 712 g/mol. The van der Waals surface area contributed by atoms with E-state index in [1.807, 2.05) is 26.0 Å². The van der Waals surface area contributed by atoms with E-state index in [0.717, 1.165) is 115 Å². The van der Waals surface area contributed by atoms with Crippen molar-refractivity contribution in [3.05, 3.63) is 69.3 Å². The average Bonchev–Trinajstić information content (AvgIpc) is 3.98. The fraction of sp³-hybridized carbons (Fsp3) is 0.421. The van der Waals surface area contributed by atoms with E-state index >= 15 is 0 Å². The molecule has 0 saturated carbocycles. The molecule has 0 radical (unpaired) electrons. The van der Waals surface area contributed by atoms with Crippen molar-refractivity contribution in [3.8, 4) is 0 Å². The van der Waals surface area contributed by atoms with Crippen molar-refractivity contribution >= 4 is 56.3 Å². The van der Waals surface area contributed by atoms with Gasteiger partial charge in [0.15, 0.2) is 0 Å². The summed E-state index contributed by atoms with van der Waals surface area (Å²) in [6.45, 7) is 9.80. The zero-order valence-electron chi connectivity index (χ0n) is 29.1. The fourth-order valence-electron chi connectivity index (χ4n) is 6.70. The van der Waals surface area contributed by atoms with Crippen LogP contribution in [-0.2, 0) is 60.9 Å². The van der Waals surface area contributed by atoms with Gasteiger partial charge in [0.1, 0.15) is 0 Å². The van der Waals surface area contributed by atoms with Crippen molar-refractivity contribution in [2.75, 3.05) is 27.4 Å². The van der Waals surface area contributed by atoms with Crippen LogP contribution in [0.4, 0.5) is 0 Å². The molecule has 2 unspecified atom stereocenters. The number of aryl methyl sites for hydroxylation is 2. The molecule has 2 fully saturated rings. The largest absolute Gasteiger partial charge is 2.00 e. The van der Waals surface area contributed by atoms with Crippen LogP contribution in [0.15, 0.2) is 24.3 Å². The molecule has 2 atom stereocenters. The zero-order valence-corrected chi connectivity index (χ0v) is 32.0. The average molecular weight is 714 g/mol. The van der Waals surface area contributed by atoms with Crippen LogP contribution in [0, 0.1) is 13.8 Å². The molecular weight excluding hydrogens is 674 g/mol. The Morgan fingerprint density at radius 1 is 0.673 bits per heavy atom. The maximum atomic E-state index is 12.3. The number of rotatable bonds is 10. The van der Waals surface area contributed by atoms with Gasteiger partial charge in [0, 0.05) is 12.8 Å². The smallest absolute Gasteiger partial charge is 0.657 e. The Hall–Kier alpha value is -3.92. The molecule has 49 heavy (non-hydrogen) atoms. The molecule has 0 N–H and O–H groups in total. The van der Waals surface area contributed by atoms with Crippen molar-refractivity contribution in [2.45, 2.75) is 78.4 Å². The summed E-state index contributed by atoms with van der Waals surface area (Å²) in [5.74, 6) is -0.568. The van der Waals surface area contributed by atoms with Crippen molar-refractivity contribution < 1.29 is 48.0 Å². The van der Waals surface area contributed by atoms with Gasteiger partial charge in [-0.25, -0.2) is 9.97 Å². The van der Waals surface area contributed by atoms with Gasteiger partial charge in [-0.1, -0.05) is 40.5 Å². The molecular formula is C38H40N4O6Zn. The molecule has 7 rings (SSSR count). The standard InChI is InChI=1S/C38H40N4O6.Zn/c1-19-25(7-9-37(43)45-5)33-16-34-26(8-10-38(44)46-6)20(2)31(40-34)14-35-28(12-24-18-48-24)22(4)32(42-35)15-36-27(11-23-17-47-23)21(3)30(41-36)13-29(19)39-33;/h13-16,23-24H,7-12,17-18H2,1-6H3;/q-2;+2. The summed E-state index contributed by atoms with van der Waals surface area (Å²) < 4.78 is 21.2. The Balaban J connectivity index is 0.00000417. The molecule has 0 amide bonds. The number of hydrogen-bond acceptors (Lipinski definition) is 8. The van der Waals surface area contributed by atoms with Gasteiger partial charge in [-0.15, -0.1) is 22.1 Å². The van der Waals surface area contributed by atoms with Crippen molar-refractivity contribution in [1.82, 2.24) is 19.9 Å². The Bertz CT molecular complexity index is 2070. The van der Waals surface area contributed by atoms with Crippen molar-refractivity contribution in [1.29, 1.82) is 0 Å². The van der Waals surface area contributed by atoms with Crippen molar-refractivity contribution in [2.24, 2.45) is 0 Å². The fourth-order valence-corrected chi connectivity index (χ4v) is 6.70. The van der Waals surface area contributed by atoms with Gasteiger partial charge in [0.05, 0.1) is 62.4 Å². The summed E-state index contributed by atoms with van der Waals surface area (Å²) >= 11 is 0. The molecule has 4 aliphatic heterocycles. The van der Waals surface area contributed by atoms with Crippen LogP contribution < -0.4 is 9.97 Å². The van der Waals surface area contributed by atoms with Gasteiger partial charge in [-0.05, 0) is 81.7 Å². The van der Waals surface area contributed by atoms with E-state index < -0.39 is 0 Å². The Labute approximate surface area is 298 Å². The first-order chi connectivity index (χ1) is 23.1. The van der Waals surface area contributed by atoms with Crippen LogP contribution in [0.25, 0.3) is 44.4 Å². The number of aromatic nitrogens is 4. The third kappa shape index (κ3) is 7.21. The normalized spacial score (nSPS) is 18.0. The summed E-state index contributed by atoms with van der Waals surface area (Å²) in [6, 6.07) is 8.17. The molecule has 0 aromatic carbocycles. The second-order valence-electron chi connectivity index (χ2n) is 13.0. The summed E-state index contributed by atoms with van der Waals surface area (Å²) in [5.41, 5.74) is 14.9. The minimum atomic E-state index is -0.284. The Morgan fingerprint density at radius 3 is 1.51 bits per heavy atom.